The Hall–Kier alpha value is -1.99. The number of carbonyl (C=O) groups excluding carboxylic acids is 1. The quantitative estimate of drug-likeness (QED) is 0.874. The Balaban J connectivity index is 1.90. The molecule has 7 nitrogen and oxygen atoms in total. The molecule has 1 aliphatic rings. The van der Waals surface area contributed by atoms with E-state index in [2.05, 4.69) is 30.9 Å². The summed E-state index contributed by atoms with van der Waals surface area (Å²) in [4.78, 5) is 18.7. The Morgan fingerprint density at radius 3 is 2.92 bits per heavy atom. The van der Waals surface area contributed by atoms with Crippen LogP contribution in [0.15, 0.2) is 16.8 Å². The van der Waals surface area contributed by atoms with Crippen LogP contribution in [0, 0.1) is 5.41 Å². The molecule has 2 N–H and O–H groups in total. The van der Waals surface area contributed by atoms with Gasteiger partial charge in [-0.3, -0.25) is 4.79 Å². The maximum Gasteiger partial charge on any atom is 0.257 e. The second kappa shape index (κ2) is 6.72. The Labute approximate surface area is 146 Å². The minimum absolute atomic E-state index is 0.0368. The number of likely N-dealkylation sites (tertiary alicyclic amines) is 1. The number of amides is 1. The van der Waals surface area contributed by atoms with E-state index in [0.29, 0.717) is 24.2 Å². The number of aliphatic hydroxyl groups excluding tert-OH is 2. The molecule has 1 aliphatic heterocycles. The largest absolute Gasteiger partial charge is 0.394 e. The molecule has 25 heavy (non-hydrogen) atoms. The van der Waals surface area contributed by atoms with Crippen LogP contribution < -0.4 is 0 Å². The lowest BCUT2D eigenvalue weighted by atomic mass is 9.90. The maximum atomic E-state index is 12.9. The van der Waals surface area contributed by atoms with Crippen LogP contribution in [0.3, 0.4) is 0 Å². The first kappa shape index (κ1) is 17.8. The van der Waals surface area contributed by atoms with Crippen molar-refractivity contribution in [3.05, 3.63) is 23.5 Å². The van der Waals surface area contributed by atoms with Crippen molar-refractivity contribution in [3.8, 4) is 0 Å². The van der Waals surface area contributed by atoms with Gasteiger partial charge in [-0.2, -0.15) is 0 Å². The van der Waals surface area contributed by atoms with E-state index in [1.165, 1.54) is 6.20 Å². The van der Waals surface area contributed by atoms with Gasteiger partial charge in [-0.05, 0) is 30.7 Å². The van der Waals surface area contributed by atoms with Crippen molar-refractivity contribution < 1.29 is 19.5 Å². The molecule has 0 radical (unpaired) electrons. The van der Waals surface area contributed by atoms with Crippen molar-refractivity contribution in [1.82, 2.24) is 15.0 Å². The molecular formula is C18H25N3O4. The van der Waals surface area contributed by atoms with Crippen LogP contribution in [0.25, 0.3) is 11.1 Å². The van der Waals surface area contributed by atoms with E-state index >= 15 is 0 Å². The summed E-state index contributed by atoms with van der Waals surface area (Å²) in [7, 11) is 0. The summed E-state index contributed by atoms with van der Waals surface area (Å²) >= 11 is 0. The lowest BCUT2D eigenvalue weighted by molar-refractivity contribution is 0.0245. The molecule has 1 fully saturated rings. The van der Waals surface area contributed by atoms with E-state index in [0.717, 1.165) is 23.9 Å². The molecule has 1 amide bonds. The van der Waals surface area contributed by atoms with Gasteiger partial charge in [0.25, 0.3) is 11.6 Å². The van der Waals surface area contributed by atoms with Crippen LogP contribution in [0.5, 0.6) is 0 Å². The van der Waals surface area contributed by atoms with Gasteiger partial charge in [0.2, 0.25) is 0 Å². The molecule has 0 bridgehead atoms. The van der Waals surface area contributed by atoms with Gasteiger partial charge >= 0.3 is 0 Å². The third-order valence-electron chi connectivity index (χ3n) is 4.54. The second-order valence-electron chi connectivity index (χ2n) is 7.90. The minimum atomic E-state index is -0.921. The Kier molecular flexibility index (Phi) is 4.79. The standard InChI is InChI=1S/C18H25N3O4/c1-18(2,3)8-13-12-7-11(9-19-16(12)25-20-13)17(24)21-6-4-5-14(21)15(23)10-22/h7,9,14-15,22-23H,4-6,8,10H2,1-3H3. The lowest BCUT2D eigenvalue weighted by Crippen LogP contribution is -2.44. The van der Waals surface area contributed by atoms with Gasteiger partial charge in [-0.15, -0.1) is 0 Å². The first-order chi connectivity index (χ1) is 11.8. The number of nitrogens with zero attached hydrogens (tertiary/aromatic N) is 3. The Morgan fingerprint density at radius 1 is 1.48 bits per heavy atom. The van der Waals surface area contributed by atoms with Crippen LogP contribution >= 0.6 is 0 Å². The molecule has 3 heterocycles. The summed E-state index contributed by atoms with van der Waals surface area (Å²) in [5, 5.41) is 24.0. The summed E-state index contributed by atoms with van der Waals surface area (Å²) in [6.45, 7) is 6.55. The highest BCUT2D eigenvalue weighted by Gasteiger charge is 2.34. The molecule has 1 saturated heterocycles. The highest BCUT2D eigenvalue weighted by molar-refractivity contribution is 5.97. The van der Waals surface area contributed by atoms with E-state index in [-0.39, 0.29) is 24.0 Å². The molecule has 136 valence electrons. The first-order valence-corrected chi connectivity index (χ1v) is 8.64. The van der Waals surface area contributed by atoms with Gasteiger partial charge in [0.1, 0.15) is 0 Å². The number of hydrogen-bond acceptors (Lipinski definition) is 6. The smallest absolute Gasteiger partial charge is 0.257 e. The average Bonchev–Trinajstić information content (AvgIpc) is 3.19. The van der Waals surface area contributed by atoms with Crippen molar-refractivity contribution in [2.75, 3.05) is 13.2 Å². The summed E-state index contributed by atoms with van der Waals surface area (Å²) in [6, 6.07) is 1.41. The monoisotopic (exact) mass is 347 g/mol. The number of fused-ring (bicyclic) bond motifs is 1. The molecule has 2 unspecified atom stereocenters. The van der Waals surface area contributed by atoms with Crippen LogP contribution in [0.1, 0.15) is 49.7 Å². The third kappa shape index (κ3) is 3.67. The fourth-order valence-electron chi connectivity index (χ4n) is 3.36. The number of hydrogen-bond donors (Lipinski definition) is 2. The van der Waals surface area contributed by atoms with Crippen molar-refractivity contribution in [2.24, 2.45) is 5.41 Å². The van der Waals surface area contributed by atoms with Crippen molar-refractivity contribution in [2.45, 2.75) is 52.2 Å². The molecule has 2 aromatic rings. The fourth-order valence-corrected chi connectivity index (χ4v) is 3.36. The van der Waals surface area contributed by atoms with Gasteiger partial charge in [0.15, 0.2) is 0 Å². The SMILES string of the molecule is CC(C)(C)Cc1noc2ncc(C(=O)N3CCCC3C(O)CO)cc12. The maximum absolute atomic E-state index is 12.9. The van der Waals surface area contributed by atoms with Crippen LogP contribution in [0.4, 0.5) is 0 Å². The number of rotatable bonds is 4. The minimum Gasteiger partial charge on any atom is -0.394 e. The molecule has 2 aromatic heterocycles. The zero-order chi connectivity index (χ0) is 18.2. The zero-order valence-electron chi connectivity index (χ0n) is 14.9. The Morgan fingerprint density at radius 2 is 2.24 bits per heavy atom. The second-order valence-corrected chi connectivity index (χ2v) is 7.90. The van der Waals surface area contributed by atoms with E-state index in [9.17, 15) is 15.0 Å². The molecule has 3 rings (SSSR count). The van der Waals surface area contributed by atoms with E-state index in [1.54, 1.807) is 11.0 Å². The molecule has 2 atom stereocenters. The van der Waals surface area contributed by atoms with E-state index in [4.69, 9.17) is 4.52 Å². The fraction of sp³-hybridized carbons (Fsp3) is 0.611. The number of carbonyl (C=O) groups is 1. The summed E-state index contributed by atoms with van der Waals surface area (Å²) in [6.07, 6.45) is 2.78. The van der Waals surface area contributed by atoms with Crippen LogP contribution in [0.2, 0.25) is 0 Å². The van der Waals surface area contributed by atoms with Crippen molar-refractivity contribution in [1.29, 1.82) is 0 Å². The molecule has 0 aromatic carbocycles. The summed E-state index contributed by atoms with van der Waals surface area (Å²) in [5.41, 5.74) is 1.69. The molecular weight excluding hydrogens is 322 g/mol. The highest BCUT2D eigenvalue weighted by Crippen LogP contribution is 2.27. The van der Waals surface area contributed by atoms with Crippen molar-refractivity contribution in [3.63, 3.8) is 0 Å². The van der Waals surface area contributed by atoms with Gasteiger partial charge in [0.05, 0.1) is 35.4 Å². The van der Waals surface area contributed by atoms with Crippen molar-refractivity contribution >= 4 is 17.0 Å². The molecule has 0 saturated carbocycles. The van der Waals surface area contributed by atoms with Crippen LogP contribution in [-0.2, 0) is 6.42 Å². The summed E-state index contributed by atoms with van der Waals surface area (Å²) in [5.74, 6) is -0.188. The highest BCUT2D eigenvalue weighted by atomic mass is 16.5. The van der Waals surface area contributed by atoms with Gasteiger partial charge in [-0.1, -0.05) is 25.9 Å². The van der Waals surface area contributed by atoms with Crippen LogP contribution in [-0.4, -0.2) is 56.5 Å². The number of aliphatic hydroxyl groups is 2. The molecule has 0 aliphatic carbocycles. The number of pyridine rings is 1. The molecule has 0 spiro atoms. The summed E-state index contributed by atoms with van der Waals surface area (Å²) < 4.78 is 5.27. The molecule has 7 heteroatoms. The predicted octanol–water partition coefficient (Wildman–Crippen LogP) is 1.77. The van der Waals surface area contributed by atoms with Gasteiger partial charge in [-0.25, -0.2) is 4.98 Å². The third-order valence-corrected chi connectivity index (χ3v) is 4.54. The first-order valence-electron chi connectivity index (χ1n) is 8.64. The Bertz CT molecular complexity index is 765. The van der Waals surface area contributed by atoms with Gasteiger partial charge < -0.3 is 19.6 Å². The lowest BCUT2D eigenvalue weighted by Gasteiger charge is -2.27. The van der Waals surface area contributed by atoms with Gasteiger partial charge in [0, 0.05) is 12.7 Å². The average molecular weight is 347 g/mol. The normalized spacial score (nSPS) is 19.6. The number of aromatic nitrogens is 2. The zero-order valence-corrected chi connectivity index (χ0v) is 14.9. The predicted molar refractivity (Wildman–Crippen MR) is 92.1 cm³/mol. The van der Waals surface area contributed by atoms with E-state index in [1.807, 2.05) is 0 Å². The topological polar surface area (TPSA) is 99.7 Å². The van der Waals surface area contributed by atoms with E-state index < -0.39 is 6.10 Å².